The summed E-state index contributed by atoms with van der Waals surface area (Å²) in [4.78, 5) is 38.1. The molecule has 2 rings (SSSR count). The molecular weight excluding hydrogens is 232 g/mol. The monoisotopic (exact) mass is 252 g/mol. The summed E-state index contributed by atoms with van der Waals surface area (Å²) in [5, 5.41) is 0. The number of carbonyl (C=O) groups is 3. The van der Waals surface area contributed by atoms with Crippen LogP contribution >= 0.6 is 0 Å². The number of Topliss-reactive ketones (excluding diaryl/α,β-unsaturated/α-hetero) is 1. The first-order valence-electron chi connectivity index (χ1n) is 6.53. The van der Waals surface area contributed by atoms with Crippen molar-refractivity contribution in [2.75, 3.05) is 20.1 Å². The smallest absolute Gasteiger partial charge is 0.230 e. The van der Waals surface area contributed by atoms with Gasteiger partial charge in [-0.05, 0) is 26.2 Å². The highest BCUT2D eigenvalue weighted by Crippen LogP contribution is 2.32. The highest BCUT2D eigenvalue weighted by atomic mass is 16.2. The van der Waals surface area contributed by atoms with Crippen molar-refractivity contribution in [1.82, 2.24) is 9.80 Å². The number of hydrogen-bond donors (Lipinski definition) is 0. The van der Waals surface area contributed by atoms with Crippen molar-refractivity contribution >= 4 is 17.6 Å². The third-order valence-corrected chi connectivity index (χ3v) is 3.74. The fourth-order valence-electron chi connectivity index (χ4n) is 2.39. The molecule has 1 saturated carbocycles. The maximum Gasteiger partial charge on any atom is 0.230 e. The van der Waals surface area contributed by atoms with Gasteiger partial charge in [-0.2, -0.15) is 0 Å². The summed E-state index contributed by atoms with van der Waals surface area (Å²) in [5.41, 5.74) is 0. The van der Waals surface area contributed by atoms with Gasteiger partial charge in [0.1, 0.15) is 5.78 Å². The Kier molecular flexibility index (Phi) is 3.68. The SMILES string of the molecule is CC(=O)CC(=O)N(C)C1CCN(C(=O)C2CC2)C1. The molecule has 1 saturated heterocycles. The van der Waals surface area contributed by atoms with Crippen LogP contribution in [0, 0.1) is 5.92 Å². The van der Waals surface area contributed by atoms with Crippen LogP contribution in [0.5, 0.6) is 0 Å². The van der Waals surface area contributed by atoms with Crippen molar-refractivity contribution in [1.29, 1.82) is 0 Å². The Labute approximate surface area is 107 Å². The number of carbonyl (C=O) groups excluding carboxylic acids is 3. The Morgan fingerprint density at radius 1 is 1.22 bits per heavy atom. The minimum Gasteiger partial charge on any atom is -0.341 e. The van der Waals surface area contributed by atoms with Gasteiger partial charge in [-0.3, -0.25) is 14.4 Å². The molecule has 0 aromatic rings. The Morgan fingerprint density at radius 2 is 1.89 bits per heavy atom. The van der Waals surface area contributed by atoms with Gasteiger partial charge in [0.25, 0.3) is 0 Å². The van der Waals surface area contributed by atoms with Crippen molar-refractivity contribution in [2.45, 2.75) is 38.6 Å². The van der Waals surface area contributed by atoms with Gasteiger partial charge in [0, 0.05) is 26.1 Å². The first-order valence-corrected chi connectivity index (χ1v) is 6.53. The van der Waals surface area contributed by atoms with Crippen molar-refractivity contribution < 1.29 is 14.4 Å². The molecule has 0 aromatic heterocycles. The molecule has 0 aromatic carbocycles. The quantitative estimate of drug-likeness (QED) is 0.682. The van der Waals surface area contributed by atoms with Gasteiger partial charge in [-0.15, -0.1) is 0 Å². The van der Waals surface area contributed by atoms with Crippen LogP contribution in [0.15, 0.2) is 0 Å². The van der Waals surface area contributed by atoms with Crippen LogP contribution in [0.25, 0.3) is 0 Å². The number of likely N-dealkylation sites (tertiary alicyclic amines) is 1. The summed E-state index contributed by atoms with van der Waals surface area (Å²) in [6, 6.07) is 0.0690. The molecule has 18 heavy (non-hydrogen) atoms. The first-order chi connectivity index (χ1) is 8.49. The van der Waals surface area contributed by atoms with E-state index in [0.29, 0.717) is 6.54 Å². The van der Waals surface area contributed by atoms with Crippen molar-refractivity contribution in [2.24, 2.45) is 5.92 Å². The van der Waals surface area contributed by atoms with Crippen LogP contribution in [0.2, 0.25) is 0 Å². The first kappa shape index (κ1) is 13.1. The third-order valence-electron chi connectivity index (χ3n) is 3.74. The van der Waals surface area contributed by atoms with E-state index in [2.05, 4.69) is 0 Å². The second kappa shape index (κ2) is 5.08. The summed E-state index contributed by atoms with van der Waals surface area (Å²) in [5.74, 6) is 0.218. The number of amides is 2. The lowest BCUT2D eigenvalue weighted by molar-refractivity contribution is -0.136. The molecular formula is C13H20N2O3. The lowest BCUT2D eigenvalue weighted by Gasteiger charge is -2.24. The summed E-state index contributed by atoms with van der Waals surface area (Å²) >= 11 is 0. The zero-order valence-electron chi connectivity index (χ0n) is 11.0. The van der Waals surface area contributed by atoms with Crippen LogP contribution in [-0.2, 0) is 14.4 Å². The Balaban J connectivity index is 1.85. The zero-order chi connectivity index (χ0) is 13.3. The molecule has 2 aliphatic rings. The Hall–Kier alpha value is -1.39. The summed E-state index contributed by atoms with van der Waals surface area (Å²) in [6.07, 6.45) is 2.81. The van der Waals surface area contributed by atoms with Crippen molar-refractivity contribution in [3.8, 4) is 0 Å². The highest BCUT2D eigenvalue weighted by Gasteiger charge is 2.38. The number of nitrogens with zero attached hydrogens (tertiary/aromatic N) is 2. The largest absolute Gasteiger partial charge is 0.341 e. The van der Waals surface area contributed by atoms with E-state index >= 15 is 0 Å². The van der Waals surface area contributed by atoms with Gasteiger partial charge in [-0.1, -0.05) is 0 Å². The molecule has 1 unspecified atom stereocenters. The lowest BCUT2D eigenvalue weighted by atomic mass is 10.2. The molecule has 5 heteroatoms. The molecule has 1 heterocycles. The lowest BCUT2D eigenvalue weighted by Crippen LogP contribution is -2.40. The molecule has 0 bridgehead atoms. The molecule has 5 nitrogen and oxygen atoms in total. The second-order valence-corrected chi connectivity index (χ2v) is 5.38. The van der Waals surface area contributed by atoms with Crippen LogP contribution < -0.4 is 0 Å². The van der Waals surface area contributed by atoms with Crippen LogP contribution in [0.4, 0.5) is 0 Å². The van der Waals surface area contributed by atoms with Crippen LogP contribution in [0.1, 0.15) is 32.6 Å². The average molecular weight is 252 g/mol. The standard InChI is InChI=1S/C13H20N2O3/c1-9(16)7-12(17)14(2)11-5-6-15(8-11)13(18)10-3-4-10/h10-11H,3-8H2,1-2H3. The predicted octanol–water partition coefficient (Wildman–Crippen LogP) is 0.435. The van der Waals surface area contributed by atoms with E-state index in [1.165, 1.54) is 6.92 Å². The minimum atomic E-state index is -0.145. The van der Waals surface area contributed by atoms with E-state index in [9.17, 15) is 14.4 Å². The fourth-order valence-corrected chi connectivity index (χ4v) is 2.39. The normalized spacial score (nSPS) is 23.0. The van der Waals surface area contributed by atoms with Gasteiger partial charge < -0.3 is 9.80 Å². The molecule has 2 fully saturated rings. The zero-order valence-corrected chi connectivity index (χ0v) is 11.0. The molecule has 0 spiro atoms. The van der Waals surface area contributed by atoms with Gasteiger partial charge >= 0.3 is 0 Å². The number of hydrogen-bond acceptors (Lipinski definition) is 3. The van der Waals surface area contributed by atoms with E-state index < -0.39 is 0 Å². The van der Waals surface area contributed by atoms with E-state index in [1.54, 1.807) is 11.9 Å². The number of likely N-dealkylation sites (N-methyl/N-ethyl adjacent to an activating group) is 1. The third kappa shape index (κ3) is 2.89. The van der Waals surface area contributed by atoms with Crippen LogP contribution in [0.3, 0.4) is 0 Å². The van der Waals surface area contributed by atoms with Crippen LogP contribution in [-0.4, -0.2) is 53.6 Å². The Morgan fingerprint density at radius 3 is 2.44 bits per heavy atom. The van der Waals surface area contributed by atoms with Gasteiger partial charge in [-0.25, -0.2) is 0 Å². The summed E-state index contributed by atoms with van der Waals surface area (Å²) in [7, 11) is 1.72. The number of rotatable bonds is 4. The maximum atomic E-state index is 11.9. The van der Waals surface area contributed by atoms with E-state index in [0.717, 1.165) is 25.8 Å². The minimum absolute atomic E-state index is 0.0381. The summed E-state index contributed by atoms with van der Waals surface area (Å²) in [6.45, 7) is 2.77. The van der Waals surface area contributed by atoms with E-state index in [-0.39, 0.29) is 36.0 Å². The van der Waals surface area contributed by atoms with Crippen molar-refractivity contribution in [3.05, 3.63) is 0 Å². The molecule has 100 valence electrons. The van der Waals surface area contributed by atoms with Gasteiger partial charge in [0.15, 0.2) is 0 Å². The maximum absolute atomic E-state index is 11.9. The van der Waals surface area contributed by atoms with E-state index in [4.69, 9.17) is 0 Å². The van der Waals surface area contributed by atoms with Gasteiger partial charge in [0.2, 0.25) is 11.8 Å². The molecule has 1 aliphatic heterocycles. The highest BCUT2D eigenvalue weighted by molar-refractivity contribution is 5.96. The fraction of sp³-hybridized carbons (Fsp3) is 0.769. The second-order valence-electron chi connectivity index (χ2n) is 5.38. The molecule has 1 atom stereocenters. The topological polar surface area (TPSA) is 57.7 Å². The molecule has 0 radical (unpaired) electrons. The summed E-state index contributed by atoms with van der Waals surface area (Å²) < 4.78 is 0. The van der Waals surface area contributed by atoms with Gasteiger partial charge in [0.05, 0.1) is 12.5 Å². The Bertz CT molecular complexity index is 376. The number of ketones is 1. The molecule has 1 aliphatic carbocycles. The molecule has 0 N–H and O–H groups in total. The van der Waals surface area contributed by atoms with Crippen molar-refractivity contribution in [3.63, 3.8) is 0 Å². The van der Waals surface area contributed by atoms with E-state index in [1.807, 2.05) is 4.90 Å². The molecule has 2 amide bonds. The predicted molar refractivity (Wildman–Crippen MR) is 65.8 cm³/mol. The average Bonchev–Trinajstić information content (AvgIpc) is 3.04.